The summed E-state index contributed by atoms with van der Waals surface area (Å²) >= 11 is 7.67. The number of halogens is 1. The van der Waals surface area contributed by atoms with Crippen LogP contribution < -0.4 is 14.5 Å². The van der Waals surface area contributed by atoms with Gasteiger partial charge >= 0.3 is 0 Å². The second-order valence-corrected chi connectivity index (χ2v) is 13.8. The molecule has 226 valence electrons. The lowest BCUT2D eigenvalue weighted by Gasteiger charge is -2.39. The summed E-state index contributed by atoms with van der Waals surface area (Å²) in [6.45, 7) is 6.76. The zero-order chi connectivity index (χ0) is 30.5. The highest BCUT2D eigenvalue weighted by molar-refractivity contribution is 8.02. The number of amides is 3. The lowest BCUT2D eigenvalue weighted by atomic mass is 9.74. The molecule has 6 atom stereocenters. The largest absolute Gasteiger partial charge is 0.494 e. The van der Waals surface area contributed by atoms with Crippen LogP contribution in [0.3, 0.4) is 0 Å². The van der Waals surface area contributed by atoms with E-state index < -0.39 is 33.4 Å². The lowest BCUT2D eigenvalue weighted by Crippen LogP contribution is -2.56. The smallest absolute Gasteiger partial charge is 0.251 e. The monoisotopic (exact) mass is 621 g/mol. The second kappa shape index (κ2) is 11.3. The molecule has 2 aromatic rings. The molecule has 0 aliphatic carbocycles. The van der Waals surface area contributed by atoms with E-state index in [0.29, 0.717) is 36.8 Å². The molecule has 0 bridgehead atoms. The van der Waals surface area contributed by atoms with Gasteiger partial charge in [-0.15, -0.1) is 11.8 Å². The number of anilines is 2. The number of thioether (sulfide) groups is 1. The average molecular weight is 622 g/mol. The third kappa shape index (κ3) is 4.67. The maximum atomic E-state index is 14.6. The van der Waals surface area contributed by atoms with Crippen molar-refractivity contribution in [2.24, 2.45) is 11.8 Å². The quantitative estimate of drug-likeness (QED) is 0.451. The molecule has 4 heterocycles. The Morgan fingerprint density at radius 2 is 1.51 bits per heavy atom. The fraction of sp³-hybridized carbons (Fsp3) is 0.424. The van der Waals surface area contributed by atoms with Crippen molar-refractivity contribution in [1.29, 1.82) is 0 Å². The Balaban J connectivity index is 1.45. The number of carbonyl (C=O) groups is 3. The van der Waals surface area contributed by atoms with Crippen LogP contribution in [-0.4, -0.2) is 75.6 Å². The fourth-order valence-corrected chi connectivity index (χ4v) is 9.51. The summed E-state index contributed by atoms with van der Waals surface area (Å²) in [6.07, 6.45) is 8.43. The summed E-state index contributed by atoms with van der Waals surface area (Å²) < 4.78 is 3.86. The van der Waals surface area contributed by atoms with Gasteiger partial charge in [-0.3, -0.25) is 14.4 Å². The molecule has 4 aliphatic rings. The van der Waals surface area contributed by atoms with Crippen molar-refractivity contribution in [2.45, 2.75) is 48.8 Å². The predicted molar refractivity (Wildman–Crippen MR) is 170 cm³/mol. The topological polar surface area (TPSA) is 90.4 Å². The number of ether oxygens (including phenoxy) is 1. The number of aliphatic hydroxyl groups is 1. The van der Waals surface area contributed by atoms with Gasteiger partial charge in [0, 0.05) is 34.2 Å². The van der Waals surface area contributed by atoms with Gasteiger partial charge in [-0.05, 0) is 68.8 Å². The van der Waals surface area contributed by atoms with Crippen LogP contribution in [0.5, 0.6) is 5.75 Å². The molecular formula is C33H36ClN3O5S. The third-order valence-corrected chi connectivity index (χ3v) is 11.2. The summed E-state index contributed by atoms with van der Waals surface area (Å²) in [5, 5.41) is 11.0. The summed E-state index contributed by atoms with van der Waals surface area (Å²) in [5.74, 6) is -1.45. The number of fused-ring (bicyclic) bond motifs is 2. The number of rotatable bonds is 7. The molecule has 0 saturated carbocycles. The SMILES string of the molecule is CCOc1ccc(N2CC=C[C@]3(C)S[C@]45C=CCN(c6ccc(Cl)cc6)C(=O)C4N([C@@H](CC)CO)C(=O)[C@@H]5[C@@H]3C2=O)cc1. The Morgan fingerprint density at radius 3 is 2.12 bits per heavy atom. The molecular weight excluding hydrogens is 586 g/mol. The summed E-state index contributed by atoms with van der Waals surface area (Å²) in [6, 6.07) is 13.0. The van der Waals surface area contributed by atoms with Crippen LogP contribution in [-0.2, 0) is 14.4 Å². The van der Waals surface area contributed by atoms with Crippen LogP contribution in [0.4, 0.5) is 11.4 Å². The van der Waals surface area contributed by atoms with E-state index in [9.17, 15) is 19.5 Å². The van der Waals surface area contributed by atoms with Gasteiger partial charge in [0.15, 0.2) is 0 Å². The molecule has 4 aliphatic heterocycles. The minimum atomic E-state index is -1.00. The number of benzene rings is 2. The van der Waals surface area contributed by atoms with Gasteiger partial charge in [-0.1, -0.05) is 42.8 Å². The highest BCUT2D eigenvalue weighted by Gasteiger charge is 2.74. The van der Waals surface area contributed by atoms with E-state index in [2.05, 4.69) is 0 Å². The highest BCUT2D eigenvalue weighted by Crippen LogP contribution is 2.66. The number of nitrogens with zero attached hydrogens (tertiary/aromatic N) is 3. The first-order valence-corrected chi connectivity index (χ1v) is 16.0. The van der Waals surface area contributed by atoms with Gasteiger partial charge in [0.2, 0.25) is 11.8 Å². The molecule has 1 N–H and O–H groups in total. The zero-order valence-electron chi connectivity index (χ0n) is 24.5. The van der Waals surface area contributed by atoms with E-state index in [1.807, 2.05) is 69.3 Å². The molecule has 8 nitrogen and oxygen atoms in total. The molecule has 2 saturated heterocycles. The van der Waals surface area contributed by atoms with E-state index in [1.165, 1.54) is 11.8 Å². The van der Waals surface area contributed by atoms with Crippen LogP contribution in [0.15, 0.2) is 72.8 Å². The molecule has 3 amide bonds. The van der Waals surface area contributed by atoms with Crippen molar-refractivity contribution in [2.75, 3.05) is 36.1 Å². The van der Waals surface area contributed by atoms with E-state index >= 15 is 0 Å². The first-order valence-electron chi connectivity index (χ1n) is 14.8. The first kappa shape index (κ1) is 29.8. The zero-order valence-corrected chi connectivity index (χ0v) is 26.1. The Hall–Kier alpha value is -3.27. The van der Waals surface area contributed by atoms with Gasteiger partial charge in [0.1, 0.15) is 11.8 Å². The number of hydrogen-bond acceptors (Lipinski definition) is 6. The molecule has 0 aromatic heterocycles. The number of carbonyl (C=O) groups excluding carboxylic acids is 3. The normalized spacial score (nSPS) is 30.6. The fourth-order valence-electron chi connectivity index (χ4n) is 7.24. The molecule has 43 heavy (non-hydrogen) atoms. The molecule has 10 heteroatoms. The second-order valence-electron chi connectivity index (χ2n) is 11.6. The minimum Gasteiger partial charge on any atom is -0.494 e. The van der Waals surface area contributed by atoms with E-state index in [0.717, 1.165) is 11.4 Å². The van der Waals surface area contributed by atoms with Crippen LogP contribution in [0, 0.1) is 11.8 Å². The Kier molecular flexibility index (Phi) is 7.85. The van der Waals surface area contributed by atoms with Gasteiger partial charge in [-0.25, -0.2) is 0 Å². The van der Waals surface area contributed by atoms with Crippen LogP contribution >= 0.6 is 23.4 Å². The van der Waals surface area contributed by atoms with E-state index in [-0.39, 0.29) is 24.3 Å². The van der Waals surface area contributed by atoms with Crippen LogP contribution in [0.25, 0.3) is 0 Å². The lowest BCUT2D eigenvalue weighted by molar-refractivity contribution is -0.142. The van der Waals surface area contributed by atoms with Crippen molar-refractivity contribution in [3.63, 3.8) is 0 Å². The summed E-state index contributed by atoms with van der Waals surface area (Å²) in [5.41, 5.74) is 1.39. The van der Waals surface area contributed by atoms with Crippen LogP contribution in [0.2, 0.25) is 5.02 Å². The number of aliphatic hydroxyl groups excluding tert-OH is 1. The molecule has 6 rings (SSSR count). The van der Waals surface area contributed by atoms with E-state index in [4.69, 9.17) is 16.3 Å². The Bertz CT molecular complexity index is 1480. The van der Waals surface area contributed by atoms with Crippen molar-refractivity contribution >= 4 is 52.5 Å². The number of hydrogen-bond donors (Lipinski definition) is 1. The highest BCUT2D eigenvalue weighted by atomic mass is 35.5. The standard InChI is InChI=1S/C33H36ClN3O5S/c1-4-22(20-38)37-28-31(41)36(23-10-8-21(34)9-11-23)19-7-17-33(28)27(30(37)40)26-29(39)35(18-6-16-32(26,3)43-33)24-12-14-25(15-13-24)42-5-2/h6-17,22,26-28,38H,4-5,18-20H2,1-3H3/t22-,26+,27-,28?,32-,33-/m0/s1. The first-order chi connectivity index (χ1) is 20.7. The molecule has 1 unspecified atom stereocenters. The van der Waals surface area contributed by atoms with Crippen molar-refractivity contribution in [1.82, 2.24) is 4.90 Å². The van der Waals surface area contributed by atoms with Gasteiger partial charge < -0.3 is 24.5 Å². The van der Waals surface area contributed by atoms with Crippen molar-refractivity contribution in [3.8, 4) is 5.75 Å². The molecule has 2 fully saturated rings. The maximum absolute atomic E-state index is 14.6. The van der Waals surface area contributed by atoms with Crippen LogP contribution in [0.1, 0.15) is 27.2 Å². The molecule has 2 aromatic carbocycles. The van der Waals surface area contributed by atoms with Gasteiger partial charge in [-0.2, -0.15) is 0 Å². The number of likely N-dealkylation sites (tertiary alicyclic amines) is 1. The minimum absolute atomic E-state index is 0.156. The molecule has 0 radical (unpaired) electrons. The summed E-state index contributed by atoms with van der Waals surface area (Å²) in [4.78, 5) is 48.8. The van der Waals surface area contributed by atoms with E-state index in [1.54, 1.807) is 39.0 Å². The predicted octanol–water partition coefficient (Wildman–Crippen LogP) is 4.70. The average Bonchev–Trinajstić information content (AvgIpc) is 3.26. The third-order valence-electron chi connectivity index (χ3n) is 9.17. The maximum Gasteiger partial charge on any atom is 0.251 e. The Morgan fingerprint density at radius 1 is 0.907 bits per heavy atom. The molecule has 1 spiro atoms. The van der Waals surface area contributed by atoms with Crippen molar-refractivity contribution < 1.29 is 24.2 Å². The van der Waals surface area contributed by atoms with Gasteiger partial charge in [0.05, 0.1) is 35.8 Å². The van der Waals surface area contributed by atoms with Gasteiger partial charge in [0.25, 0.3) is 5.91 Å². The Labute approximate surface area is 261 Å². The van der Waals surface area contributed by atoms with Crippen molar-refractivity contribution in [3.05, 3.63) is 77.9 Å². The summed E-state index contributed by atoms with van der Waals surface area (Å²) in [7, 11) is 0.